The fourth-order valence-electron chi connectivity index (χ4n) is 1.34. The van der Waals surface area contributed by atoms with Crippen molar-refractivity contribution in [3.63, 3.8) is 0 Å². The quantitative estimate of drug-likeness (QED) is 0.795. The Hall–Kier alpha value is -2.17. The van der Waals surface area contributed by atoms with Crippen molar-refractivity contribution in [1.82, 2.24) is 14.8 Å². The summed E-state index contributed by atoms with van der Waals surface area (Å²) in [5.41, 5.74) is 1.54. The first-order valence-electron chi connectivity index (χ1n) is 4.36. The maximum Gasteiger partial charge on any atom is 0.337 e. The van der Waals surface area contributed by atoms with E-state index in [1.807, 2.05) is 29.9 Å². The van der Waals surface area contributed by atoms with E-state index in [0.29, 0.717) is 5.69 Å². The number of carbonyl (C=O) groups is 1. The fourth-order valence-corrected chi connectivity index (χ4v) is 1.34. The van der Waals surface area contributed by atoms with Crippen LogP contribution in [0.4, 0.5) is 0 Å². The minimum absolute atomic E-state index is 0.140. The topological polar surface area (TPSA) is 68.0 Å². The van der Waals surface area contributed by atoms with Crippen molar-refractivity contribution in [3.05, 3.63) is 36.2 Å². The molecular formula is C10H9N3O2. The summed E-state index contributed by atoms with van der Waals surface area (Å²) >= 11 is 0. The molecule has 0 aliphatic carbocycles. The number of carboxylic acids is 1. The average molecular weight is 203 g/mol. The Bertz CT molecular complexity index is 505. The zero-order valence-electron chi connectivity index (χ0n) is 8.08. The normalized spacial score (nSPS) is 10.2. The van der Waals surface area contributed by atoms with Gasteiger partial charge in [0, 0.05) is 13.2 Å². The molecule has 2 aromatic heterocycles. The lowest BCUT2D eigenvalue weighted by Gasteiger charge is -2.01. The largest absolute Gasteiger partial charge is 0.478 e. The highest BCUT2D eigenvalue weighted by molar-refractivity contribution is 5.88. The number of aryl methyl sites for hydroxylation is 1. The summed E-state index contributed by atoms with van der Waals surface area (Å²) in [6.07, 6.45) is 3.10. The van der Waals surface area contributed by atoms with Gasteiger partial charge >= 0.3 is 5.97 Å². The number of aromatic carboxylic acids is 1. The fraction of sp³-hybridized carbons (Fsp3) is 0.100. The van der Waals surface area contributed by atoms with Crippen molar-refractivity contribution >= 4 is 5.97 Å². The van der Waals surface area contributed by atoms with Crippen molar-refractivity contribution in [2.45, 2.75) is 0 Å². The molecule has 15 heavy (non-hydrogen) atoms. The van der Waals surface area contributed by atoms with Gasteiger partial charge in [0.2, 0.25) is 0 Å². The monoisotopic (exact) mass is 203 g/mol. The number of hydrogen-bond donors (Lipinski definition) is 1. The molecule has 0 saturated carbocycles. The Kier molecular flexibility index (Phi) is 2.21. The first-order chi connectivity index (χ1) is 7.18. The Morgan fingerprint density at radius 2 is 2.33 bits per heavy atom. The van der Waals surface area contributed by atoms with E-state index in [-0.39, 0.29) is 5.56 Å². The third-order valence-corrected chi connectivity index (χ3v) is 2.11. The molecule has 0 unspecified atom stereocenters. The molecule has 0 spiro atoms. The molecule has 2 rings (SSSR count). The van der Waals surface area contributed by atoms with E-state index in [4.69, 9.17) is 5.11 Å². The van der Waals surface area contributed by atoms with Gasteiger partial charge in [-0.3, -0.25) is 0 Å². The van der Waals surface area contributed by atoms with Crippen LogP contribution in [-0.2, 0) is 7.05 Å². The molecule has 0 saturated heterocycles. The second-order valence-electron chi connectivity index (χ2n) is 3.14. The van der Waals surface area contributed by atoms with E-state index < -0.39 is 5.97 Å². The second kappa shape index (κ2) is 3.53. The van der Waals surface area contributed by atoms with Gasteiger partial charge in [-0.05, 0) is 18.2 Å². The summed E-state index contributed by atoms with van der Waals surface area (Å²) in [4.78, 5) is 10.7. The van der Waals surface area contributed by atoms with Crippen molar-refractivity contribution in [1.29, 1.82) is 0 Å². The Morgan fingerprint density at radius 3 is 2.93 bits per heavy atom. The van der Waals surface area contributed by atoms with E-state index in [9.17, 15) is 4.79 Å². The summed E-state index contributed by atoms with van der Waals surface area (Å²) in [5.74, 6) is -1.000. The standard InChI is InChI=1S/C10H9N3O2/c1-13-4-2-3-9(13)8-5-7(10(14)15)6-11-12-8/h2-6H,1H3,(H,14,15). The minimum atomic E-state index is -1.000. The summed E-state index contributed by atoms with van der Waals surface area (Å²) in [6, 6.07) is 5.23. The zero-order chi connectivity index (χ0) is 10.8. The molecule has 0 amide bonds. The summed E-state index contributed by atoms with van der Waals surface area (Å²) in [7, 11) is 1.87. The maximum atomic E-state index is 10.7. The third-order valence-electron chi connectivity index (χ3n) is 2.11. The highest BCUT2D eigenvalue weighted by atomic mass is 16.4. The molecule has 5 heteroatoms. The molecule has 0 aliphatic heterocycles. The number of carboxylic acid groups (broad SMARTS) is 1. The van der Waals surface area contributed by atoms with Crippen LogP contribution in [0, 0.1) is 0 Å². The number of hydrogen-bond acceptors (Lipinski definition) is 3. The molecule has 0 aromatic carbocycles. The van der Waals surface area contributed by atoms with Gasteiger partial charge in [-0.2, -0.15) is 5.10 Å². The van der Waals surface area contributed by atoms with Crippen molar-refractivity contribution in [3.8, 4) is 11.4 Å². The van der Waals surface area contributed by atoms with Crippen LogP contribution in [0.3, 0.4) is 0 Å². The molecule has 0 fully saturated rings. The molecule has 1 N–H and O–H groups in total. The summed E-state index contributed by atoms with van der Waals surface area (Å²) < 4.78 is 1.86. The van der Waals surface area contributed by atoms with Crippen molar-refractivity contribution in [2.24, 2.45) is 7.05 Å². The lowest BCUT2D eigenvalue weighted by atomic mass is 10.2. The van der Waals surface area contributed by atoms with Crippen LogP contribution in [0.2, 0.25) is 0 Å². The predicted molar refractivity (Wildman–Crippen MR) is 53.4 cm³/mol. The predicted octanol–water partition coefficient (Wildman–Crippen LogP) is 1.18. The van der Waals surface area contributed by atoms with Gasteiger partial charge in [-0.1, -0.05) is 0 Å². The van der Waals surface area contributed by atoms with Crippen molar-refractivity contribution in [2.75, 3.05) is 0 Å². The molecule has 0 bridgehead atoms. The lowest BCUT2D eigenvalue weighted by Crippen LogP contribution is -2.01. The van der Waals surface area contributed by atoms with E-state index in [1.165, 1.54) is 12.3 Å². The number of aromatic nitrogens is 3. The lowest BCUT2D eigenvalue weighted by molar-refractivity contribution is 0.0696. The smallest absolute Gasteiger partial charge is 0.337 e. The van der Waals surface area contributed by atoms with Crippen LogP contribution in [0.25, 0.3) is 11.4 Å². The van der Waals surface area contributed by atoms with Crippen LogP contribution >= 0.6 is 0 Å². The zero-order valence-corrected chi connectivity index (χ0v) is 8.08. The highest BCUT2D eigenvalue weighted by Crippen LogP contribution is 2.16. The molecule has 0 radical (unpaired) electrons. The van der Waals surface area contributed by atoms with Crippen LogP contribution in [0.5, 0.6) is 0 Å². The first-order valence-corrected chi connectivity index (χ1v) is 4.36. The molecule has 0 atom stereocenters. The van der Waals surface area contributed by atoms with E-state index in [0.717, 1.165) is 5.69 Å². The summed E-state index contributed by atoms with van der Waals surface area (Å²) in [5, 5.41) is 16.4. The first kappa shape index (κ1) is 9.39. The third kappa shape index (κ3) is 1.71. The van der Waals surface area contributed by atoms with Crippen LogP contribution in [0.15, 0.2) is 30.6 Å². The van der Waals surface area contributed by atoms with Crippen LogP contribution in [0.1, 0.15) is 10.4 Å². The molecular weight excluding hydrogens is 194 g/mol. The van der Waals surface area contributed by atoms with Gasteiger partial charge in [-0.25, -0.2) is 4.79 Å². The van der Waals surface area contributed by atoms with E-state index in [2.05, 4.69) is 10.2 Å². The second-order valence-corrected chi connectivity index (χ2v) is 3.14. The van der Waals surface area contributed by atoms with E-state index in [1.54, 1.807) is 0 Å². The maximum absolute atomic E-state index is 10.7. The Balaban J connectivity index is 2.50. The highest BCUT2D eigenvalue weighted by Gasteiger charge is 2.08. The molecule has 5 nitrogen and oxygen atoms in total. The molecule has 76 valence electrons. The van der Waals surface area contributed by atoms with Crippen LogP contribution < -0.4 is 0 Å². The van der Waals surface area contributed by atoms with Gasteiger partial charge in [0.1, 0.15) is 5.69 Å². The van der Waals surface area contributed by atoms with Gasteiger partial charge in [0.25, 0.3) is 0 Å². The Morgan fingerprint density at radius 1 is 1.53 bits per heavy atom. The van der Waals surface area contributed by atoms with Gasteiger partial charge in [0.05, 0.1) is 17.5 Å². The van der Waals surface area contributed by atoms with Crippen LogP contribution in [-0.4, -0.2) is 25.8 Å². The van der Waals surface area contributed by atoms with Crippen molar-refractivity contribution < 1.29 is 9.90 Å². The SMILES string of the molecule is Cn1cccc1-c1cc(C(=O)O)cnn1. The van der Waals surface area contributed by atoms with Gasteiger partial charge < -0.3 is 9.67 Å². The average Bonchev–Trinajstić information content (AvgIpc) is 2.64. The van der Waals surface area contributed by atoms with Gasteiger partial charge in [0.15, 0.2) is 0 Å². The molecule has 2 heterocycles. The Labute approximate surface area is 86.0 Å². The van der Waals surface area contributed by atoms with Gasteiger partial charge in [-0.15, -0.1) is 5.10 Å². The number of nitrogens with zero attached hydrogens (tertiary/aromatic N) is 3. The number of rotatable bonds is 2. The summed E-state index contributed by atoms with van der Waals surface area (Å²) in [6.45, 7) is 0. The minimum Gasteiger partial charge on any atom is -0.478 e. The molecule has 2 aromatic rings. The molecule has 0 aliphatic rings. The van der Waals surface area contributed by atoms with E-state index >= 15 is 0 Å².